The van der Waals surface area contributed by atoms with E-state index in [-0.39, 0.29) is 5.41 Å². The monoisotopic (exact) mass is 330 g/mol. The summed E-state index contributed by atoms with van der Waals surface area (Å²) in [5.74, 6) is -1.56. The number of amides is 1. The fourth-order valence-corrected chi connectivity index (χ4v) is 3.51. The predicted octanol–water partition coefficient (Wildman–Crippen LogP) is 3.06. The quantitative estimate of drug-likeness (QED) is 0.803. The largest absolute Gasteiger partial charge is 0.416 e. The molecule has 126 valence electrons. The van der Waals surface area contributed by atoms with Gasteiger partial charge in [-0.25, -0.2) is 4.39 Å². The summed E-state index contributed by atoms with van der Waals surface area (Å²) in [5, 5.41) is 3.26. The zero-order valence-electron chi connectivity index (χ0n) is 12.5. The fraction of sp³-hybridized carbons (Fsp3) is 0.562. The molecule has 1 amide bonds. The molecule has 0 radical (unpaired) electrons. The number of alkyl halides is 3. The summed E-state index contributed by atoms with van der Waals surface area (Å²) in [6, 6.07) is 1.99. The van der Waals surface area contributed by atoms with Gasteiger partial charge in [-0.05, 0) is 56.0 Å². The van der Waals surface area contributed by atoms with Gasteiger partial charge in [0, 0.05) is 13.1 Å². The highest BCUT2D eigenvalue weighted by molar-refractivity contribution is 5.95. The molecule has 2 aliphatic rings. The first-order valence-corrected chi connectivity index (χ1v) is 7.68. The third-order valence-electron chi connectivity index (χ3n) is 4.91. The smallest absolute Gasteiger partial charge is 0.338 e. The first-order valence-electron chi connectivity index (χ1n) is 7.68. The highest BCUT2D eigenvalue weighted by Gasteiger charge is 2.41. The van der Waals surface area contributed by atoms with Gasteiger partial charge in [-0.2, -0.15) is 13.2 Å². The molecule has 0 unspecified atom stereocenters. The summed E-state index contributed by atoms with van der Waals surface area (Å²) in [6.45, 7) is 2.71. The molecule has 3 nitrogen and oxygen atoms in total. The maximum Gasteiger partial charge on any atom is 0.416 e. The van der Waals surface area contributed by atoms with E-state index in [1.807, 2.05) is 0 Å². The molecule has 0 bridgehead atoms. The summed E-state index contributed by atoms with van der Waals surface area (Å²) in [7, 11) is 0. The number of carbonyl (C=O) groups is 1. The number of nitrogens with zero attached hydrogens (tertiary/aromatic N) is 1. The van der Waals surface area contributed by atoms with Gasteiger partial charge in [-0.1, -0.05) is 0 Å². The van der Waals surface area contributed by atoms with Crippen LogP contribution in [0.5, 0.6) is 0 Å². The van der Waals surface area contributed by atoms with E-state index in [0.29, 0.717) is 31.3 Å². The van der Waals surface area contributed by atoms with Crippen molar-refractivity contribution in [1.29, 1.82) is 0 Å². The van der Waals surface area contributed by atoms with E-state index in [1.54, 1.807) is 0 Å². The molecule has 2 heterocycles. The Morgan fingerprint density at radius 1 is 1.17 bits per heavy atom. The third kappa shape index (κ3) is 3.20. The van der Waals surface area contributed by atoms with Crippen molar-refractivity contribution in [3.63, 3.8) is 0 Å². The van der Waals surface area contributed by atoms with Crippen molar-refractivity contribution in [2.24, 2.45) is 5.41 Å². The molecule has 0 saturated carbocycles. The molecule has 2 fully saturated rings. The van der Waals surface area contributed by atoms with Crippen molar-refractivity contribution in [3.8, 4) is 0 Å². The van der Waals surface area contributed by atoms with Gasteiger partial charge in [0.05, 0.1) is 11.1 Å². The Balaban J connectivity index is 1.81. The minimum Gasteiger partial charge on any atom is -0.338 e. The van der Waals surface area contributed by atoms with Gasteiger partial charge in [0.2, 0.25) is 0 Å². The highest BCUT2D eigenvalue weighted by atomic mass is 19.4. The van der Waals surface area contributed by atoms with Crippen molar-refractivity contribution >= 4 is 5.91 Å². The lowest BCUT2D eigenvalue weighted by molar-refractivity contribution is -0.137. The number of halogens is 4. The normalized spacial score (nSPS) is 21.0. The maximum absolute atomic E-state index is 13.9. The van der Waals surface area contributed by atoms with Gasteiger partial charge in [0.25, 0.3) is 5.91 Å². The standard InChI is InChI=1S/C16H18F4N2O/c17-13-2-1-11(16(18,19)20)9-12(13)14(23)22-8-5-15(10-22)3-6-21-7-4-15/h1-2,9,21H,3-8,10H2. The summed E-state index contributed by atoms with van der Waals surface area (Å²) >= 11 is 0. The van der Waals surface area contributed by atoms with Crippen LogP contribution in [-0.2, 0) is 6.18 Å². The highest BCUT2D eigenvalue weighted by Crippen LogP contribution is 2.39. The van der Waals surface area contributed by atoms with E-state index in [2.05, 4.69) is 5.32 Å². The number of carbonyl (C=O) groups excluding carboxylic acids is 1. The van der Waals surface area contributed by atoms with Crippen molar-refractivity contribution < 1.29 is 22.4 Å². The second kappa shape index (κ2) is 5.78. The van der Waals surface area contributed by atoms with Crippen LogP contribution in [-0.4, -0.2) is 37.0 Å². The Hall–Kier alpha value is -1.63. The molecule has 1 spiro atoms. The molecule has 0 aliphatic carbocycles. The molecular formula is C16H18F4N2O. The van der Waals surface area contributed by atoms with Crippen LogP contribution in [0.25, 0.3) is 0 Å². The SMILES string of the molecule is O=C(c1cc(C(F)(F)F)ccc1F)N1CCC2(CCNCC2)C1. The van der Waals surface area contributed by atoms with E-state index < -0.39 is 29.0 Å². The van der Waals surface area contributed by atoms with Crippen LogP contribution in [0.1, 0.15) is 35.2 Å². The number of nitrogens with one attached hydrogen (secondary N) is 1. The van der Waals surface area contributed by atoms with Crippen molar-refractivity contribution in [2.45, 2.75) is 25.4 Å². The zero-order chi connectivity index (χ0) is 16.7. The van der Waals surface area contributed by atoms with Crippen LogP contribution in [0.15, 0.2) is 18.2 Å². The topological polar surface area (TPSA) is 32.3 Å². The Morgan fingerprint density at radius 3 is 2.52 bits per heavy atom. The Morgan fingerprint density at radius 2 is 1.87 bits per heavy atom. The summed E-state index contributed by atoms with van der Waals surface area (Å²) < 4.78 is 52.2. The molecule has 3 rings (SSSR count). The number of hydrogen-bond donors (Lipinski definition) is 1. The molecule has 2 saturated heterocycles. The zero-order valence-corrected chi connectivity index (χ0v) is 12.5. The van der Waals surface area contributed by atoms with E-state index in [4.69, 9.17) is 0 Å². The van der Waals surface area contributed by atoms with Gasteiger partial charge in [-0.3, -0.25) is 4.79 Å². The lowest BCUT2D eigenvalue weighted by Crippen LogP contribution is -2.40. The lowest BCUT2D eigenvalue weighted by atomic mass is 9.78. The predicted molar refractivity (Wildman–Crippen MR) is 76.5 cm³/mol. The second-order valence-corrected chi connectivity index (χ2v) is 6.42. The van der Waals surface area contributed by atoms with Crippen molar-refractivity contribution in [2.75, 3.05) is 26.2 Å². The second-order valence-electron chi connectivity index (χ2n) is 6.42. The van der Waals surface area contributed by atoms with E-state index in [1.165, 1.54) is 4.90 Å². The van der Waals surface area contributed by atoms with Gasteiger partial charge in [0.15, 0.2) is 0 Å². The summed E-state index contributed by atoms with van der Waals surface area (Å²) in [5.41, 5.74) is -1.47. The maximum atomic E-state index is 13.9. The number of rotatable bonds is 1. The number of hydrogen-bond acceptors (Lipinski definition) is 2. The molecule has 0 aromatic heterocycles. The first kappa shape index (κ1) is 16.2. The molecule has 1 aromatic carbocycles. The van der Waals surface area contributed by atoms with Gasteiger partial charge >= 0.3 is 6.18 Å². The summed E-state index contributed by atoms with van der Waals surface area (Å²) in [4.78, 5) is 14.0. The molecule has 1 N–H and O–H groups in total. The minimum absolute atomic E-state index is 0.0268. The molecule has 1 aromatic rings. The minimum atomic E-state index is -4.59. The van der Waals surface area contributed by atoms with Crippen LogP contribution in [0.4, 0.5) is 17.6 Å². The van der Waals surface area contributed by atoms with Gasteiger partial charge < -0.3 is 10.2 Å². The number of benzene rings is 1. The molecular weight excluding hydrogens is 312 g/mol. The van der Waals surface area contributed by atoms with Gasteiger partial charge in [-0.15, -0.1) is 0 Å². The van der Waals surface area contributed by atoms with Crippen molar-refractivity contribution in [1.82, 2.24) is 10.2 Å². The number of likely N-dealkylation sites (tertiary alicyclic amines) is 1. The number of piperidine rings is 1. The van der Waals surface area contributed by atoms with E-state index in [0.717, 1.165) is 32.4 Å². The van der Waals surface area contributed by atoms with Crippen LogP contribution >= 0.6 is 0 Å². The van der Waals surface area contributed by atoms with Crippen LogP contribution in [0, 0.1) is 11.2 Å². The first-order chi connectivity index (χ1) is 10.8. The average Bonchev–Trinajstić information content (AvgIpc) is 2.90. The Bertz CT molecular complexity index is 609. The van der Waals surface area contributed by atoms with Gasteiger partial charge in [0.1, 0.15) is 5.82 Å². The molecule has 7 heteroatoms. The van der Waals surface area contributed by atoms with Crippen LogP contribution in [0.3, 0.4) is 0 Å². The summed E-state index contributed by atoms with van der Waals surface area (Å²) in [6.07, 6.45) is -1.91. The van der Waals surface area contributed by atoms with E-state index in [9.17, 15) is 22.4 Å². The fourth-order valence-electron chi connectivity index (χ4n) is 3.51. The molecule has 2 aliphatic heterocycles. The Labute approximate surface area is 131 Å². The lowest BCUT2D eigenvalue weighted by Gasteiger charge is -2.33. The third-order valence-corrected chi connectivity index (χ3v) is 4.91. The van der Waals surface area contributed by atoms with Crippen LogP contribution in [0.2, 0.25) is 0 Å². The van der Waals surface area contributed by atoms with Crippen molar-refractivity contribution in [3.05, 3.63) is 35.1 Å². The van der Waals surface area contributed by atoms with E-state index >= 15 is 0 Å². The molecule has 0 atom stereocenters. The average molecular weight is 330 g/mol. The van der Waals surface area contributed by atoms with Crippen LogP contribution < -0.4 is 5.32 Å². The molecule has 23 heavy (non-hydrogen) atoms. The Kier molecular flexibility index (Phi) is 4.08.